The molecule has 4 rings (SSSR count). The van der Waals surface area contributed by atoms with Crippen LogP contribution in [0, 0.1) is 0 Å². The van der Waals surface area contributed by atoms with Gasteiger partial charge in [-0.15, -0.1) is 0 Å². The summed E-state index contributed by atoms with van der Waals surface area (Å²) in [6, 6.07) is 24.0. The van der Waals surface area contributed by atoms with Crippen LogP contribution in [0.1, 0.15) is 21.5 Å². The van der Waals surface area contributed by atoms with Gasteiger partial charge in [-0.25, -0.2) is 4.79 Å². The number of carboxylic acids is 1. The molecule has 1 aliphatic heterocycles. The normalized spacial score (nSPS) is 13.2. The minimum Gasteiger partial charge on any atom is -0.492 e. The van der Waals surface area contributed by atoms with Gasteiger partial charge in [0, 0.05) is 25.2 Å². The summed E-state index contributed by atoms with van der Waals surface area (Å²) >= 11 is 0. The Hall–Kier alpha value is -3.85. The van der Waals surface area contributed by atoms with Crippen molar-refractivity contribution in [3.05, 3.63) is 89.5 Å². The lowest BCUT2D eigenvalue weighted by Gasteiger charge is -2.28. The third kappa shape index (κ3) is 7.58. The summed E-state index contributed by atoms with van der Waals surface area (Å²) in [5.41, 5.74) is 10.8. The molecule has 1 heterocycles. The summed E-state index contributed by atoms with van der Waals surface area (Å²) in [7, 11) is 0. The van der Waals surface area contributed by atoms with Crippen molar-refractivity contribution >= 4 is 11.9 Å². The number of benzene rings is 3. The number of alkyl halides is 3. The Labute approximate surface area is 200 Å². The minimum absolute atomic E-state index is 0.415. The second-order valence-corrected chi connectivity index (χ2v) is 7.92. The van der Waals surface area contributed by atoms with E-state index >= 15 is 0 Å². The topological polar surface area (TPSA) is 92.9 Å². The van der Waals surface area contributed by atoms with Crippen molar-refractivity contribution in [1.82, 2.24) is 4.90 Å². The Morgan fingerprint density at radius 2 is 1.60 bits per heavy atom. The fraction of sp³-hybridized carbons (Fsp3) is 0.231. The summed E-state index contributed by atoms with van der Waals surface area (Å²) in [4.78, 5) is 22.7. The second-order valence-electron chi connectivity index (χ2n) is 7.92. The quantitative estimate of drug-likeness (QED) is 0.534. The molecule has 0 bridgehead atoms. The number of aliphatic carboxylic acids is 1. The third-order valence-corrected chi connectivity index (χ3v) is 5.46. The Kier molecular flexibility index (Phi) is 8.48. The van der Waals surface area contributed by atoms with Crippen LogP contribution in [0.5, 0.6) is 5.75 Å². The van der Waals surface area contributed by atoms with Crippen LogP contribution < -0.4 is 10.5 Å². The lowest BCUT2D eigenvalue weighted by Crippen LogP contribution is -2.33. The van der Waals surface area contributed by atoms with E-state index in [2.05, 4.69) is 29.2 Å². The summed E-state index contributed by atoms with van der Waals surface area (Å²) in [5, 5.41) is 7.12. The van der Waals surface area contributed by atoms with Gasteiger partial charge in [0.25, 0.3) is 0 Å². The zero-order valence-electron chi connectivity index (χ0n) is 18.8. The summed E-state index contributed by atoms with van der Waals surface area (Å²) in [6.45, 7) is 3.65. The smallest absolute Gasteiger partial charge is 0.490 e. The van der Waals surface area contributed by atoms with Crippen LogP contribution in [0.2, 0.25) is 0 Å². The first-order valence-corrected chi connectivity index (χ1v) is 10.9. The number of nitrogens with zero attached hydrogens (tertiary/aromatic N) is 1. The molecule has 9 heteroatoms. The average molecular weight is 486 g/mol. The van der Waals surface area contributed by atoms with E-state index in [1.54, 1.807) is 6.07 Å². The molecule has 0 fully saturated rings. The molecule has 3 aromatic rings. The molecule has 3 aromatic carbocycles. The van der Waals surface area contributed by atoms with E-state index in [0.717, 1.165) is 42.9 Å². The number of carbonyl (C=O) groups excluding carboxylic acids is 1. The molecule has 0 atom stereocenters. The zero-order chi connectivity index (χ0) is 25.4. The summed E-state index contributed by atoms with van der Waals surface area (Å²) < 4.78 is 37.7. The fourth-order valence-electron chi connectivity index (χ4n) is 3.63. The van der Waals surface area contributed by atoms with Crippen LogP contribution in [-0.4, -0.2) is 47.8 Å². The number of carbonyl (C=O) groups is 2. The summed E-state index contributed by atoms with van der Waals surface area (Å²) in [6.07, 6.45) is -3.98. The number of rotatable bonds is 6. The molecule has 0 aromatic heterocycles. The maximum absolute atomic E-state index is 11.4. The van der Waals surface area contributed by atoms with Gasteiger partial charge in [-0.3, -0.25) is 9.69 Å². The molecule has 0 unspecified atom stereocenters. The van der Waals surface area contributed by atoms with Gasteiger partial charge in [0.2, 0.25) is 5.91 Å². The van der Waals surface area contributed by atoms with Crippen LogP contribution in [0.3, 0.4) is 0 Å². The summed E-state index contributed by atoms with van der Waals surface area (Å²) in [5.74, 6) is -2.32. The molecule has 35 heavy (non-hydrogen) atoms. The van der Waals surface area contributed by atoms with Crippen LogP contribution in [0.25, 0.3) is 11.1 Å². The van der Waals surface area contributed by atoms with E-state index in [0.29, 0.717) is 12.2 Å². The van der Waals surface area contributed by atoms with Gasteiger partial charge < -0.3 is 15.6 Å². The van der Waals surface area contributed by atoms with Crippen molar-refractivity contribution in [2.45, 2.75) is 19.1 Å². The number of carboxylic acid groups (broad SMARTS) is 1. The van der Waals surface area contributed by atoms with Gasteiger partial charge in [-0.05, 0) is 52.9 Å². The lowest BCUT2D eigenvalue weighted by molar-refractivity contribution is -0.192. The van der Waals surface area contributed by atoms with Crippen LogP contribution in [0.15, 0.2) is 72.8 Å². The Bertz CT molecular complexity index is 1160. The SMILES string of the molecule is NC(=O)c1cccc(-c2ccc(OCCN3CCc4ccccc4C3)cc2)c1.O=C(O)C(F)(F)F. The van der Waals surface area contributed by atoms with E-state index in [1.165, 1.54) is 11.1 Å². The predicted molar refractivity (Wildman–Crippen MR) is 125 cm³/mol. The standard InChI is InChI=1S/C24H24N2O2.C2HF3O2/c25-24(27)21-7-3-6-20(16-21)19-8-10-23(11-9-19)28-15-14-26-13-12-18-4-1-2-5-22(18)17-26;3-2(4,5)1(6)7/h1-11,16H,12-15,17H2,(H2,25,27);(H,6,7). The van der Waals surface area contributed by atoms with Gasteiger partial charge >= 0.3 is 12.1 Å². The van der Waals surface area contributed by atoms with Gasteiger partial charge in [0.05, 0.1) is 0 Å². The largest absolute Gasteiger partial charge is 0.492 e. The average Bonchev–Trinajstić information content (AvgIpc) is 2.84. The maximum Gasteiger partial charge on any atom is 0.490 e. The molecule has 0 aliphatic carbocycles. The Morgan fingerprint density at radius 1 is 0.943 bits per heavy atom. The number of hydrogen-bond acceptors (Lipinski definition) is 4. The predicted octanol–water partition coefficient (Wildman–Crippen LogP) is 4.52. The maximum atomic E-state index is 11.4. The number of nitrogens with two attached hydrogens (primary N) is 1. The van der Waals surface area contributed by atoms with Gasteiger partial charge in [0.1, 0.15) is 12.4 Å². The van der Waals surface area contributed by atoms with Crippen molar-refractivity contribution in [2.75, 3.05) is 19.7 Å². The fourth-order valence-corrected chi connectivity index (χ4v) is 3.63. The molecule has 0 spiro atoms. The first-order valence-electron chi connectivity index (χ1n) is 10.9. The molecule has 0 saturated carbocycles. The van der Waals surface area contributed by atoms with Crippen molar-refractivity contribution in [3.8, 4) is 16.9 Å². The van der Waals surface area contributed by atoms with E-state index in [-0.39, 0.29) is 0 Å². The first-order chi connectivity index (χ1) is 16.6. The first kappa shape index (κ1) is 25.8. The Morgan fingerprint density at radius 3 is 2.23 bits per heavy atom. The molecular formula is C26H25F3N2O4. The zero-order valence-corrected chi connectivity index (χ0v) is 18.8. The molecule has 0 radical (unpaired) electrons. The Balaban J connectivity index is 0.000000429. The number of amides is 1. The number of halogens is 3. The molecular weight excluding hydrogens is 461 g/mol. The highest BCUT2D eigenvalue weighted by molar-refractivity contribution is 5.94. The van der Waals surface area contributed by atoms with Gasteiger partial charge in [-0.2, -0.15) is 13.2 Å². The van der Waals surface area contributed by atoms with Crippen LogP contribution >= 0.6 is 0 Å². The molecule has 1 aliphatic rings. The third-order valence-electron chi connectivity index (χ3n) is 5.46. The van der Waals surface area contributed by atoms with E-state index in [1.807, 2.05) is 42.5 Å². The number of primary amides is 1. The lowest BCUT2D eigenvalue weighted by atomic mass is 10.0. The van der Waals surface area contributed by atoms with E-state index in [4.69, 9.17) is 20.4 Å². The van der Waals surface area contributed by atoms with Crippen molar-refractivity contribution in [2.24, 2.45) is 5.73 Å². The molecule has 3 N–H and O–H groups in total. The highest BCUT2D eigenvalue weighted by Crippen LogP contribution is 2.24. The molecule has 184 valence electrons. The highest BCUT2D eigenvalue weighted by atomic mass is 19.4. The van der Waals surface area contributed by atoms with Crippen LogP contribution in [0.4, 0.5) is 13.2 Å². The van der Waals surface area contributed by atoms with E-state index < -0.39 is 18.1 Å². The van der Waals surface area contributed by atoms with Crippen molar-refractivity contribution < 1.29 is 32.6 Å². The number of ether oxygens (including phenoxy) is 1. The van der Waals surface area contributed by atoms with Gasteiger partial charge in [0.15, 0.2) is 0 Å². The van der Waals surface area contributed by atoms with E-state index in [9.17, 15) is 18.0 Å². The number of hydrogen-bond donors (Lipinski definition) is 2. The van der Waals surface area contributed by atoms with Crippen molar-refractivity contribution in [1.29, 1.82) is 0 Å². The highest BCUT2D eigenvalue weighted by Gasteiger charge is 2.38. The molecule has 6 nitrogen and oxygen atoms in total. The molecule has 0 saturated heterocycles. The van der Waals surface area contributed by atoms with Gasteiger partial charge in [-0.1, -0.05) is 48.5 Å². The number of fused-ring (bicyclic) bond motifs is 1. The van der Waals surface area contributed by atoms with Crippen LogP contribution in [-0.2, 0) is 17.8 Å². The minimum atomic E-state index is -5.08. The monoisotopic (exact) mass is 486 g/mol. The second kappa shape index (κ2) is 11.5. The molecule has 1 amide bonds. The van der Waals surface area contributed by atoms with Crippen molar-refractivity contribution in [3.63, 3.8) is 0 Å².